The number of esters is 1. The standard InChI is InChI=1S/C21H20ClN3O6S/c22-19-16-3-1-2-4-17(16)24-20(19)21(27)31-13-18(26)23-14-5-7-15(8-6-14)32(28,29)25-9-11-30-12-10-25/h1-8,24H,9-13H2,(H,23,26). The molecule has 11 heteroatoms. The first-order valence-corrected chi connectivity index (χ1v) is 11.6. The summed E-state index contributed by atoms with van der Waals surface area (Å²) in [6.07, 6.45) is 0. The smallest absolute Gasteiger partial charge is 0.356 e. The third-order valence-corrected chi connectivity index (χ3v) is 7.23. The molecule has 0 atom stereocenters. The van der Waals surface area contributed by atoms with E-state index in [-0.39, 0.29) is 15.6 Å². The quantitative estimate of drug-likeness (QED) is 0.527. The fourth-order valence-electron chi connectivity index (χ4n) is 3.29. The second-order valence-corrected chi connectivity index (χ2v) is 9.34. The highest BCUT2D eigenvalue weighted by atomic mass is 35.5. The number of anilines is 1. The zero-order chi connectivity index (χ0) is 22.7. The maximum Gasteiger partial charge on any atom is 0.356 e. The van der Waals surface area contributed by atoms with Gasteiger partial charge in [0.15, 0.2) is 6.61 Å². The molecule has 1 aliphatic rings. The van der Waals surface area contributed by atoms with Gasteiger partial charge in [0.05, 0.1) is 23.1 Å². The number of H-pyrrole nitrogens is 1. The maximum absolute atomic E-state index is 12.6. The minimum atomic E-state index is -3.62. The summed E-state index contributed by atoms with van der Waals surface area (Å²) < 4.78 is 36.9. The summed E-state index contributed by atoms with van der Waals surface area (Å²) in [5.41, 5.74) is 1.12. The SMILES string of the molecule is O=C(COC(=O)c1[nH]c2ccccc2c1Cl)Nc1ccc(S(=O)(=O)N2CCOCC2)cc1. The lowest BCUT2D eigenvalue weighted by atomic mass is 10.2. The molecule has 168 valence electrons. The van der Waals surface area contributed by atoms with Crippen LogP contribution in [0.5, 0.6) is 0 Å². The zero-order valence-corrected chi connectivity index (χ0v) is 18.4. The minimum Gasteiger partial charge on any atom is -0.451 e. The number of hydrogen-bond acceptors (Lipinski definition) is 6. The van der Waals surface area contributed by atoms with E-state index < -0.39 is 28.5 Å². The van der Waals surface area contributed by atoms with E-state index in [0.29, 0.717) is 42.9 Å². The van der Waals surface area contributed by atoms with Crippen LogP contribution in [0.1, 0.15) is 10.5 Å². The molecule has 2 N–H and O–H groups in total. The van der Waals surface area contributed by atoms with Crippen LogP contribution in [0, 0.1) is 0 Å². The molecule has 1 amide bonds. The van der Waals surface area contributed by atoms with Gasteiger partial charge in [-0.2, -0.15) is 4.31 Å². The largest absolute Gasteiger partial charge is 0.451 e. The number of carbonyl (C=O) groups excluding carboxylic acids is 2. The predicted molar refractivity (Wildman–Crippen MR) is 118 cm³/mol. The molecular formula is C21H20ClN3O6S. The van der Waals surface area contributed by atoms with Crippen molar-refractivity contribution in [2.45, 2.75) is 4.90 Å². The molecule has 0 aliphatic carbocycles. The molecule has 9 nitrogen and oxygen atoms in total. The molecule has 2 heterocycles. The fourth-order valence-corrected chi connectivity index (χ4v) is 4.99. The van der Waals surface area contributed by atoms with E-state index >= 15 is 0 Å². The lowest BCUT2D eigenvalue weighted by molar-refractivity contribution is -0.119. The van der Waals surface area contributed by atoms with Crippen molar-refractivity contribution in [3.05, 3.63) is 59.2 Å². The van der Waals surface area contributed by atoms with E-state index in [2.05, 4.69) is 10.3 Å². The van der Waals surface area contributed by atoms with Crippen LogP contribution in [0.15, 0.2) is 53.4 Å². The number of morpholine rings is 1. The summed E-state index contributed by atoms with van der Waals surface area (Å²) in [6.45, 7) is 0.781. The highest BCUT2D eigenvalue weighted by Crippen LogP contribution is 2.27. The van der Waals surface area contributed by atoms with Gasteiger partial charge in [0.2, 0.25) is 10.0 Å². The summed E-state index contributed by atoms with van der Waals surface area (Å²) >= 11 is 6.21. The molecule has 0 saturated carbocycles. The summed E-state index contributed by atoms with van der Waals surface area (Å²) in [5.74, 6) is -1.33. The van der Waals surface area contributed by atoms with Gasteiger partial charge in [-0.25, -0.2) is 13.2 Å². The number of hydrogen-bond donors (Lipinski definition) is 2. The molecule has 1 aromatic heterocycles. The Morgan fingerprint density at radius 1 is 1.09 bits per heavy atom. The Balaban J connectivity index is 1.35. The number of sulfonamides is 1. The molecule has 0 bridgehead atoms. The Morgan fingerprint density at radius 3 is 2.47 bits per heavy atom. The van der Waals surface area contributed by atoms with Crippen LogP contribution in [0.3, 0.4) is 0 Å². The monoisotopic (exact) mass is 477 g/mol. The Morgan fingerprint density at radius 2 is 1.78 bits per heavy atom. The maximum atomic E-state index is 12.6. The van der Waals surface area contributed by atoms with Crippen molar-refractivity contribution >= 4 is 50.1 Å². The summed E-state index contributed by atoms with van der Waals surface area (Å²) in [7, 11) is -3.62. The number of fused-ring (bicyclic) bond motifs is 1. The second kappa shape index (κ2) is 9.29. The fraction of sp³-hybridized carbons (Fsp3) is 0.238. The first-order valence-electron chi connectivity index (χ1n) is 9.77. The van der Waals surface area contributed by atoms with Crippen LogP contribution in [-0.2, 0) is 24.3 Å². The highest BCUT2D eigenvalue weighted by Gasteiger charge is 2.26. The molecule has 4 rings (SSSR count). The van der Waals surface area contributed by atoms with Gasteiger partial charge >= 0.3 is 5.97 Å². The molecule has 32 heavy (non-hydrogen) atoms. The first-order chi connectivity index (χ1) is 15.4. The number of amides is 1. The van der Waals surface area contributed by atoms with E-state index in [1.54, 1.807) is 24.3 Å². The average Bonchev–Trinajstić information content (AvgIpc) is 3.15. The first kappa shape index (κ1) is 22.3. The van der Waals surface area contributed by atoms with E-state index in [1.165, 1.54) is 28.6 Å². The molecule has 3 aromatic rings. The van der Waals surface area contributed by atoms with Crippen LogP contribution >= 0.6 is 11.6 Å². The van der Waals surface area contributed by atoms with Gasteiger partial charge in [0.1, 0.15) is 5.69 Å². The van der Waals surface area contributed by atoms with Gasteiger partial charge in [0, 0.05) is 29.7 Å². The van der Waals surface area contributed by atoms with Gasteiger partial charge in [0.25, 0.3) is 5.91 Å². The van der Waals surface area contributed by atoms with Gasteiger partial charge in [-0.3, -0.25) is 4.79 Å². The van der Waals surface area contributed by atoms with Crippen LogP contribution in [-0.4, -0.2) is 62.5 Å². The highest BCUT2D eigenvalue weighted by molar-refractivity contribution is 7.89. The van der Waals surface area contributed by atoms with Gasteiger partial charge in [-0.15, -0.1) is 0 Å². The molecule has 1 saturated heterocycles. The number of aromatic nitrogens is 1. The number of carbonyl (C=O) groups is 2. The number of halogens is 1. The molecule has 0 radical (unpaired) electrons. The molecule has 0 unspecified atom stereocenters. The van der Waals surface area contributed by atoms with Crippen LogP contribution in [0.2, 0.25) is 5.02 Å². The number of para-hydroxylation sites is 1. The average molecular weight is 478 g/mol. The van der Waals surface area contributed by atoms with Crippen LogP contribution < -0.4 is 5.32 Å². The number of nitrogens with zero attached hydrogens (tertiary/aromatic N) is 1. The third kappa shape index (κ3) is 4.63. The Labute approximate surface area is 189 Å². The lowest BCUT2D eigenvalue weighted by Crippen LogP contribution is -2.40. The topological polar surface area (TPSA) is 118 Å². The van der Waals surface area contributed by atoms with Crippen molar-refractivity contribution < 1.29 is 27.5 Å². The van der Waals surface area contributed by atoms with Crippen molar-refractivity contribution in [3.63, 3.8) is 0 Å². The molecule has 2 aromatic carbocycles. The molecule has 0 spiro atoms. The van der Waals surface area contributed by atoms with Crippen LogP contribution in [0.4, 0.5) is 5.69 Å². The number of aromatic amines is 1. The van der Waals surface area contributed by atoms with Gasteiger partial charge in [-0.1, -0.05) is 29.8 Å². The Bertz CT molecular complexity index is 1250. The minimum absolute atomic E-state index is 0.0679. The van der Waals surface area contributed by atoms with Crippen LogP contribution in [0.25, 0.3) is 10.9 Å². The van der Waals surface area contributed by atoms with E-state index in [4.69, 9.17) is 21.1 Å². The van der Waals surface area contributed by atoms with Crippen molar-refractivity contribution in [1.82, 2.24) is 9.29 Å². The van der Waals surface area contributed by atoms with E-state index in [9.17, 15) is 18.0 Å². The van der Waals surface area contributed by atoms with Crippen molar-refractivity contribution in [2.24, 2.45) is 0 Å². The third-order valence-electron chi connectivity index (χ3n) is 4.93. The summed E-state index contributed by atoms with van der Waals surface area (Å²) in [4.78, 5) is 27.5. The van der Waals surface area contributed by atoms with Crippen molar-refractivity contribution in [2.75, 3.05) is 38.2 Å². The van der Waals surface area contributed by atoms with Crippen molar-refractivity contribution in [1.29, 1.82) is 0 Å². The number of ether oxygens (including phenoxy) is 2. The Hall–Kier alpha value is -2.92. The molecule has 1 fully saturated rings. The van der Waals surface area contributed by atoms with Crippen molar-refractivity contribution in [3.8, 4) is 0 Å². The zero-order valence-electron chi connectivity index (χ0n) is 16.8. The number of benzene rings is 2. The second-order valence-electron chi connectivity index (χ2n) is 7.02. The number of rotatable bonds is 6. The van der Waals surface area contributed by atoms with E-state index in [0.717, 1.165) is 0 Å². The molecule has 1 aliphatic heterocycles. The lowest BCUT2D eigenvalue weighted by Gasteiger charge is -2.26. The Kier molecular flexibility index (Phi) is 6.47. The van der Waals surface area contributed by atoms with Gasteiger partial charge in [-0.05, 0) is 30.3 Å². The number of nitrogens with one attached hydrogen (secondary N) is 2. The normalized spacial score (nSPS) is 14.9. The van der Waals surface area contributed by atoms with Gasteiger partial charge < -0.3 is 19.8 Å². The van der Waals surface area contributed by atoms with E-state index in [1.807, 2.05) is 0 Å². The predicted octanol–water partition coefficient (Wildman–Crippen LogP) is 2.64. The summed E-state index contributed by atoms with van der Waals surface area (Å²) in [6, 6.07) is 12.9. The summed E-state index contributed by atoms with van der Waals surface area (Å²) in [5, 5.41) is 3.46. The molecular weight excluding hydrogens is 458 g/mol.